The van der Waals surface area contributed by atoms with Gasteiger partial charge < -0.3 is 14.9 Å². The normalized spacial score (nSPS) is 19.8. The molecule has 0 spiro atoms. The minimum absolute atomic E-state index is 0.0229. The topological polar surface area (TPSA) is 84.4 Å². The summed E-state index contributed by atoms with van der Waals surface area (Å²) in [6.07, 6.45) is 0.359. The van der Waals surface area contributed by atoms with Gasteiger partial charge in [0.25, 0.3) is 0 Å². The van der Waals surface area contributed by atoms with Crippen molar-refractivity contribution in [3.05, 3.63) is 101 Å². The van der Waals surface area contributed by atoms with Gasteiger partial charge in [0.1, 0.15) is 23.8 Å². The van der Waals surface area contributed by atoms with Crippen molar-refractivity contribution >= 4 is 17.7 Å². The van der Waals surface area contributed by atoms with Crippen LogP contribution in [0.3, 0.4) is 0 Å². The van der Waals surface area contributed by atoms with Gasteiger partial charge in [-0.25, -0.2) is 9.40 Å². The first-order valence-electron chi connectivity index (χ1n) is 13.0. The van der Waals surface area contributed by atoms with E-state index in [1.807, 2.05) is 30.3 Å². The van der Waals surface area contributed by atoms with Crippen molar-refractivity contribution in [2.24, 2.45) is 0 Å². The van der Waals surface area contributed by atoms with Gasteiger partial charge in [-0.3, -0.25) is 19.4 Å². The Bertz CT molecular complexity index is 1330. The van der Waals surface area contributed by atoms with Crippen LogP contribution in [0.1, 0.15) is 23.1 Å². The van der Waals surface area contributed by atoms with E-state index in [1.165, 1.54) is 12.1 Å². The number of fused-ring (bicyclic) bond motifs is 1. The number of hydrazine groups is 1. The molecule has 2 atom stereocenters. The lowest BCUT2D eigenvalue weighted by Crippen LogP contribution is -2.75. The van der Waals surface area contributed by atoms with Gasteiger partial charge in [0.05, 0.1) is 13.1 Å². The Morgan fingerprint density at radius 1 is 0.923 bits per heavy atom. The number of rotatable bonds is 7. The van der Waals surface area contributed by atoms with Crippen molar-refractivity contribution in [3.63, 3.8) is 0 Å². The fourth-order valence-corrected chi connectivity index (χ4v) is 5.39. The highest BCUT2D eigenvalue weighted by molar-refractivity contribution is 5.91. The van der Waals surface area contributed by atoms with E-state index in [4.69, 9.17) is 0 Å². The first-order chi connectivity index (χ1) is 18.8. The average Bonchev–Trinajstić information content (AvgIpc) is 2.92. The molecule has 3 amide bonds. The average molecular weight is 531 g/mol. The molecule has 2 saturated heterocycles. The van der Waals surface area contributed by atoms with Gasteiger partial charge >= 0.3 is 0 Å². The minimum atomic E-state index is -0.834. The van der Waals surface area contributed by atoms with Gasteiger partial charge in [-0.1, -0.05) is 54.6 Å². The van der Waals surface area contributed by atoms with Crippen LogP contribution < -0.4 is 0 Å². The smallest absolute Gasteiger partial charge is 0.246 e. The van der Waals surface area contributed by atoms with Crippen molar-refractivity contribution < 1.29 is 23.9 Å². The molecule has 9 heteroatoms. The first-order valence-corrected chi connectivity index (χ1v) is 13.0. The zero-order valence-corrected chi connectivity index (χ0v) is 21.7. The number of likely N-dealkylation sites (N-methyl/N-ethyl adjacent to an activating group) is 1. The first kappa shape index (κ1) is 26.4. The van der Waals surface area contributed by atoms with Crippen LogP contribution in [-0.4, -0.2) is 75.0 Å². The molecular weight excluding hydrogens is 499 g/mol. The Balaban J connectivity index is 1.45. The van der Waals surface area contributed by atoms with Crippen LogP contribution in [0.5, 0.6) is 5.75 Å². The van der Waals surface area contributed by atoms with Crippen LogP contribution >= 0.6 is 0 Å². The highest BCUT2D eigenvalue weighted by Crippen LogP contribution is 2.29. The molecule has 0 radical (unpaired) electrons. The van der Waals surface area contributed by atoms with Gasteiger partial charge in [-0.2, -0.15) is 0 Å². The number of amides is 3. The number of hydrogen-bond acceptors (Lipinski definition) is 5. The summed E-state index contributed by atoms with van der Waals surface area (Å²) >= 11 is 0. The van der Waals surface area contributed by atoms with Crippen LogP contribution in [0.4, 0.5) is 4.39 Å². The molecule has 0 aromatic heterocycles. The number of nitrogens with zero attached hydrogens (tertiary/aromatic N) is 4. The molecule has 2 fully saturated rings. The van der Waals surface area contributed by atoms with Crippen LogP contribution in [0.25, 0.3) is 0 Å². The molecule has 1 N–H and O–H groups in total. The number of hydrogen-bond donors (Lipinski definition) is 1. The van der Waals surface area contributed by atoms with E-state index in [1.54, 1.807) is 63.3 Å². The molecule has 0 bridgehead atoms. The zero-order valence-electron chi connectivity index (χ0n) is 21.7. The molecule has 3 aromatic carbocycles. The Morgan fingerprint density at radius 2 is 1.59 bits per heavy atom. The van der Waals surface area contributed by atoms with Crippen molar-refractivity contribution in [3.8, 4) is 5.75 Å². The van der Waals surface area contributed by atoms with Gasteiger partial charge in [0.15, 0.2) is 0 Å². The van der Waals surface area contributed by atoms with E-state index < -0.39 is 12.2 Å². The van der Waals surface area contributed by atoms with Crippen molar-refractivity contribution in [1.29, 1.82) is 0 Å². The fourth-order valence-electron chi connectivity index (χ4n) is 5.39. The van der Waals surface area contributed by atoms with Crippen LogP contribution in [0.15, 0.2) is 78.9 Å². The number of halogens is 1. The minimum Gasteiger partial charge on any atom is -0.508 e. The molecule has 2 heterocycles. The van der Waals surface area contributed by atoms with Gasteiger partial charge in [0.2, 0.25) is 17.7 Å². The summed E-state index contributed by atoms with van der Waals surface area (Å²) in [6.45, 7) is 0.333. The van der Waals surface area contributed by atoms with E-state index in [-0.39, 0.29) is 61.8 Å². The number of benzene rings is 3. The Morgan fingerprint density at radius 3 is 2.28 bits per heavy atom. The zero-order chi connectivity index (χ0) is 27.5. The molecule has 2 aliphatic rings. The third-order valence-electron chi connectivity index (χ3n) is 7.32. The number of piperazine rings is 1. The second kappa shape index (κ2) is 11.2. The van der Waals surface area contributed by atoms with Crippen LogP contribution in [-0.2, 0) is 33.8 Å². The van der Waals surface area contributed by atoms with E-state index in [9.17, 15) is 23.9 Å². The quantitative estimate of drug-likeness (QED) is 0.508. The molecule has 0 unspecified atom stereocenters. The second-order valence-corrected chi connectivity index (χ2v) is 10.1. The number of carbonyl (C=O) groups excluding carboxylic acids is 3. The van der Waals surface area contributed by atoms with Gasteiger partial charge in [-0.05, 0) is 47.4 Å². The Hall–Kier alpha value is -4.24. The van der Waals surface area contributed by atoms with Gasteiger partial charge in [-0.15, -0.1) is 0 Å². The maximum atomic E-state index is 13.8. The fraction of sp³-hybridized carbons (Fsp3) is 0.300. The highest BCUT2D eigenvalue weighted by atomic mass is 19.1. The third kappa shape index (κ3) is 5.78. The standard InChI is InChI=1S/C30H31FN4O4/c1-32-20-29(38)34-26(17-22-9-14-25(36)15-10-22)30(39)33(18-23-7-12-24(31)13-8-23)19-27(34)35(32)28(37)16-11-21-5-3-2-4-6-21/h2-10,12-15,26-27,36H,11,16-20H2,1H3/t26-,27-/m0/s1. The molecule has 8 nitrogen and oxygen atoms in total. The summed E-state index contributed by atoms with van der Waals surface area (Å²) in [6, 6.07) is 21.4. The van der Waals surface area contributed by atoms with Crippen molar-refractivity contribution in [1.82, 2.24) is 19.8 Å². The summed E-state index contributed by atoms with van der Waals surface area (Å²) in [5.74, 6) is -0.861. The molecule has 2 aliphatic heterocycles. The molecule has 0 aliphatic carbocycles. The lowest BCUT2D eigenvalue weighted by atomic mass is 9.98. The van der Waals surface area contributed by atoms with Crippen LogP contribution in [0.2, 0.25) is 0 Å². The predicted octanol–water partition coefficient (Wildman–Crippen LogP) is 2.96. The number of phenols is 1. The molecule has 5 rings (SSSR count). The maximum Gasteiger partial charge on any atom is 0.246 e. The van der Waals surface area contributed by atoms with E-state index in [0.717, 1.165) is 16.7 Å². The number of phenolic OH excluding ortho intramolecular Hbond substituents is 1. The monoisotopic (exact) mass is 530 g/mol. The molecular formula is C30H31FN4O4. The maximum absolute atomic E-state index is 13.8. The Kier molecular flexibility index (Phi) is 7.60. The largest absolute Gasteiger partial charge is 0.508 e. The molecule has 0 saturated carbocycles. The molecule has 39 heavy (non-hydrogen) atoms. The summed E-state index contributed by atoms with van der Waals surface area (Å²) in [7, 11) is 1.71. The Labute approximate surface area is 226 Å². The summed E-state index contributed by atoms with van der Waals surface area (Å²) in [5.41, 5.74) is 2.57. The van der Waals surface area contributed by atoms with E-state index in [0.29, 0.717) is 6.42 Å². The van der Waals surface area contributed by atoms with Crippen molar-refractivity contribution in [2.45, 2.75) is 38.0 Å². The number of aryl methyl sites for hydroxylation is 1. The number of carbonyl (C=O) groups is 3. The highest BCUT2D eigenvalue weighted by Gasteiger charge is 2.50. The summed E-state index contributed by atoms with van der Waals surface area (Å²) in [5, 5.41) is 13.0. The van der Waals surface area contributed by atoms with E-state index >= 15 is 0 Å². The van der Waals surface area contributed by atoms with Gasteiger partial charge in [0, 0.05) is 26.4 Å². The van der Waals surface area contributed by atoms with E-state index in [2.05, 4.69) is 0 Å². The van der Waals surface area contributed by atoms with Crippen molar-refractivity contribution in [2.75, 3.05) is 20.1 Å². The lowest BCUT2D eigenvalue weighted by Gasteiger charge is -2.54. The summed E-state index contributed by atoms with van der Waals surface area (Å²) in [4.78, 5) is 44.0. The SMILES string of the molecule is CN1CC(=O)N2[C@@H](Cc3ccc(O)cc3)C(=O)N(Cc3ccc(F)cc3)C[C@@H]2N1C(=O)CCc1ccccc1. The number of aromatic hydroxyl groups is 1. The molecule has 3 aromatic rings. The summed E-state index contributed by atoms with van der Waals surface area (Å²) < 4.78 is 13.5. The van der Waals surface area contributed by atoms with Crippen LogP contribution in [0, 0.1) is 5.82 Å². The second-order valence-electron chi connectivity index (χ2n) is 10.1. The molecule has 202 valence electrons. The predicted molar refractivity (Wildman–Crippen MR) is 142 cm³/mol. The lowest BCUT2D eigenvalue weighted by molar-refractivity contribution is -0.202. The third-order valence-corrected chi connectivity index (χ3v) is 7.32.